The number of nitrogens with one attached hydrogen (secondary N) is 2. The average Bonchev–Trinajstić information content (AvgIpc) is 2.70. The second kappa shape index (κ2) is 9.48. The number of quaternary nitrogens is 1. The van der Waals surface area contributed by atoms with Crippen LogP contribution in [0.3, 0.4) is 0 Å². The standard InChI is InChI=1S/C19H23ClN6O2/c1-24(13-17(27)23-16-5-3-15(20)4-6-16)14-18(28)25-9-11-26(12-10-25)19-21-7-2-8-22-19/h2-8H,9-14H2,1H3,(H,23,27)/p+1. The van der Waals surface area contributed by atoms with Crippen molar-refractivity contribution in [3.05, 3.63) is 47.7 Å². The molecule has 1 saturated heterocycles. The number of halogens is 1. The molecule has 2 N–H and O–H groups in total. The number of likely N-dealkylation sites (N-methyl/N-ethyl adjacent to an activating group) is 1. The fourth-order valence-electron chi connectivity index (χ4n) is 3.06. The van der Waals surface area contributed by atoms with E-state index in [4.69, 9.17) is 11.6 Å². The van der Waals surface area contributed by atoms with Crippen LogP contribution < -0.4 is 15.1 Å². The molecule has 2 amide bonds. The minimum atomic E-state index is -0.140. The molecule has 0 saturated carbocycles. The Morgan fingerprint density at radius 2 is 1.71 bits per heavy atom. The van der Waals surface area contributed by atoms with Gasteiger partial charge < -0.3 is 20.0 Å². The first-order chi connectivity index (χ1) is 13.5. The van der Waals surface area contributed by atoms with E-state index >= 15 is 0 Å². The predicted octanol–water partition coefficient (Wildman–Crippen LogP) is -0.0680. The van der Waals surface area contributed by atoms with Crippen LogP contribution in [0.5, 0.6) is 0 Å². The van der Waals surface area contributed by atoms with Gasteiger partial charge >= 0.3 is 0 Å². The molecule has 0 aliphatic carbocycles. The summed E-state index contributed by atoms with van der Waals surface area (Å²) in [5, 5.41) is 3.43. The molecule has 1 aromatic carbocycles. The van der Waals surface area contributed by atoms with Gasteiger partial charge in [-0.1, -0.05) is 11.6 Å². The number of benzene rings is 1. The van der Waals surface area contributed by atoms with Gasteiger partial charge in [0, 0.05) is 49.3 Å². The van der Waals surface area contributed by atoms with Gasteiger partial charge in [-0.2, -0.15) is 0 Å². The maximum absolute atomic E-state index is 12.5. The van der Waals surface area contributed by atoms with Crippen LogP contribution in [0.4, 0.5) is 11.6 Å². The lowest BCUT2D eigenvalue weighted by molar-refractivity contribution is -0.862. The molecule has 0 bridgehead atoms. The first-order valence-electron chi connectivity index (χ1n) is 9.18. The van der Waals surface area contributed by atoms with Gasteiger partial charge in [0.05, 0.1) is 7.05 Å². The van der Waals surface area contributed by atoms with Crippen LogP contribution in [0.15, 0.2) is 42.7 Å². The minimum absolute atomic E-state index is 0.0467. The number of piperazine rings is 1. The molecule has 148 valence electrons. The number of carbonyl (C=O) groups is 2. The van der Waals surface area contributed by atoms with Gasteiger partial charge in [-0.25, -0.2) is 9.97 Å². The molecule has 3 rings (SSSR count). The largest absolute Gasteiger partial charge is 0.337 e. The van der Waals surface area contributed by atoms with Crippen LogP contribution in [0.1, 0.15) is 0 Å². The van der Waals surface area contributed by atoms with Crippen molar-refractivity contribution in [2.75, 3.05) is 56.5 Å². The zero-order chi connectivity index (χ0) is 19.9. The highest BCUT2D eigenvalue weighted by Crippen LogP contribution is 2.13. The van der Waals surface area contributed by atoms with E-state index in [1.54, 1.807) is 42.7 Å². The smallest absolute Gasteiger partial charge is 0.279 e. The number of nitrogens with zero attached hydrogens (tertiary/aromatic N) is 4. The van der Waals surface area contributed by atoms with Gasteiger partial charge in [0.15, 0.2) is 13.1 Å². The maximum atomic E-state index is 12.5. The molecule has 1 fully saturated rings. The summed E-state index contributed by atoms with van der Waals surface area (Å²) >= 11 is 5.84. The van der Waals surface area contributed by atoms with Gasteiger partial charge in [0.2, 0.25) is 5.95 Å². The van der Waals surface area contributed by atoms with E-state index < -0.39 is 0 Å². The van der Waals surface area contributed by atoms with E-state index in [9.17, 15) is 9.59 Å². The lowest BCUT2D eigenvalue weighted by Crippen LogP contribution is -3.11. The highest BCUT2D eigenvalue weighted by atomic mass is 35.5. The molecule has 9 heteroatoms. The molecule has 1 atom stereocenters. The van der Waals surface area contributed by atoms with E-state index in [1.807, 2.05) is 11.9 Å². The highest BCUT2D eigenvalue weighted by Gasteiger charge is 2.25. The van der Waals surface area contributed by atoms with Gasteiger partial charge in [-0.3, -0.25) is 9.59 Å². The van der Waals surface area contributed by atoms with Gasteiger partial charge in [-0.15, -0.1) is 0 Å². The molecule has 1 aromatic heterocycles. The number of amides is 2. The third-order valence-electron chi connectivity index (χ3n) is 4.51. The first-order valence-corrected chi connectivity index (χ1v) is 9.55. The van der Waals surface area contributed by atoms with Crippen molar-refractivity contribution in [2.24, 2.45) is 0 Å². The van der Waals surface area contributed by atoms with Gasteiger partial charge in [0.1, 0.15) is 0 Å². The summed E-state index contributed by atoms with van der Waals surface area (Å²) in [6.45, 7) is 3.14. The number of anilines is 2. The Hall–Kier alpha value is -2.71. The Balaban J connectivity index is 1.41. The Morgan fingerprint density at radius 1 is 1.07 bits per heavy atom. The quantitative estimate of drug-likeness (QED) is 0.705. The van der Waals surface area contributed by atoms with E-state index in [2.05, 4.69) is 20.2 Å². The van der Waals surface area contributed by atoms with Crippen LogP contribution in [0.25, 0.3) is 0 Å². The second-order valence-corrected chi connectivity index (χ2v) is 7.22. The average molecular weight is 404 g/mol. The monoisotopic (exact) mass is 403 g/mol. The molecular formula is C19H24ClN6O2+. The SMILES string of the molecule is C[NH+](CC(=O)Nc1ccc(Cl)cc1)CC(=O)N1CCN(c2ncccn2)CC1. The lowest BCUT2D eigenvalue weighted by Gasteiger charge is -2.34. The van der Waals surface area contributed by atoms with Crippen LogP contribution in [-0.2, 0) is 9.59 Å². The Morgan fingerprint density at radius 3 is 2.36 bits per heavy atom. The molecular weight excluding hydrogens is 380 g/mol. The number of rotatable bonds is 6. The van der Waals surface area contributed by atoms with Crippen molar-refractivity contribution in [3.63, 3.8) is 0 Å². The molecule has 2 aromatic rings. The van der Waals surface area contributed by atoms with Crippen molar-refractivity contribution in [1.29, 1.82) is 0 Å². The Kier molecular flexibility index (Phi) is 6.78. The molecule has 2 heterocycles. The van der Waals surface area contributed by atoms with Crippen molar-refractivity contribution < 1.29 is 14.5 Å². The van der Waals surface area contributed by atoms with Crippen LogP contribution in [-0.4, -0.2) is 73.0 Å². The minimum Gasteiger partial charge on any atom is -0.337 e. The number of hydrogen-bond donors (Lipinski definition) is 2. The molecule has 28 heavy (non-hydrogen) atoms. The molecule has 1 aliphatic heterocycles. The summed E-state index contributed by atoms with van der Waals surface area (Å²) in [4.78, 5) is 37.9. The van der Waals surface area contributed by atoms with Crippen LogP contribution >= 0.6 is 11.6 Å². The number of carbonyl (C=O) groups excluding carboxylic acids is 2. The molecule has 8 nitrogen and oxygen atoms in total. The van der Waals surface area contributed by atoms with E-state index in [0.29, 0.717) is 42.8 Å². The third-order valence-corrected chi connectivity index (χ3v) is 4.76. The topological polar surface area (TPSA) is 82.9 Å². The fourth-order valence-corrected chi connectivity index (χ4v) is 3.18. The summed E-state index contributed by atoms with van der Waals surface area (Å²) in [6.07, 6.45) is 3.43. The van der Waals surface area contributed by atoms with Crippen molar-refractivity contribution in [3.8, 4) is 0 Å². The van der Waals surface area contributed by atoms with E-state index in [1.165, 1.54) is 0 Å². The first kappa shape index (κ1) is 20.0. The van der Waals surface area contributed by atoms with E-state index in [0.717, 1.165) is 4.90 Å². The molecule has 0 radical (unpaired) electrons. The van der Waals surface area contributed by atoms with Crippen LogP contribution in [0.2, 0.25) is 5.02 Å². The van der Waals surface area contributed by atoms with Crippen molar-refractivity contribution in [2.45, 2.75) is 0 Å². The van der Waals surface area contributed by atoms with Crippen molar-refractivity contribution in [1.82, 2.24) is 14.9 Å². The maximum Gasteiger partial charge on any atom is 0.279 e. The summed E-state index contributed by atoms with van der Waals surface area (Å²) < 4.78 is 0. The summed E-state index contributed by atoms with van der Waals surface area (Å²) in [6, 6.07) is 8.72. The predicted molar refractivity (Wildman–Crippen MR) is 108 cm³/mol. The Labute approximate surface area is 169 Å². The zero-order valence-corrected chi connectivity index (χ0v) is 16.5. The highest BCUT2D eigenvalue weighted by molar-refractivity contribution is 6.30. The number of aromatic nitrogens is 2. The summed E-state index contributed by atoms with van der Waals surface area (Å²) in [5.41, 5.74) is 0.688. The zero-order valence-electron chi connectivity index (χ0n) is 15.8. The number of hydrogen-bond acceptors (Lipinski definition) is 5. The normalized spacial score (nSPS) is 15.2. The van der Waals surface area contributed by atoms with Gasteiger partial charge in [0.25, 0.3) is 11.8 Å². The third kappa shape index (κ3) is 5.64. The fraction of sp³-hybridized carbons (Fsp3) is 0.368. The molecule has 0 spiro atoms. The summed E-state index contributed by atoms with van der Waals surface area (Å²) in [5.74, 6) is 0.598. The summed E-state index contributed by atoms with van der Waals surface area (Å²) in [7, 11) is 1.84. The second-order valence-electron chi connectivity index (χ2n) is 6.78. The molecule has 1 aliphatic rings. The van der Waals surface area contributed by atoms with Crippen molar-refractivity contribution >= 4 is 35.1 Å². The molecule has 1 unspecified atom stereocenters. The van der Waals surface area contributed by atoms with E-state index in [-0.39, 0.29) is 24.9 Å². The van der Waals surface area contributed by atoms with Crippen LogP contribution in [0, 0.1) is 0 Å². The lowest BCUT2D eigenvalue weighted by atomic mass is 10.3. The van der Waals surface area contributed by atoms with Gasteiger partial charge in [-0.05, 0) is 30.3 Å². The Bertz CT molecular complexity index is 794.